The summed E-state index contributed by atoms with van der Waals surface area (Å²) in [6.45, 7) is 3.28. The van der Waals surface area contributed by atoms with Crippen LogP contribution in [0.4, 0.5) is 5.69 Å². The number of allylic oxidation sites excluding steroid dienone is 1. The zero-order chi connectivity index (χ0) is 11.4. The van der Waals surface area contributed by atoms with E-state index < -0.39 is 10.7 Å². The van der Waals surface area contributed by atoms with Crippen LogP contribution in [0.1, 0.15) is 10.4 Å². The smallest absolute Gasteiger partial charge is 0.284 e. The topological polar surface area (TPSA) is 69.4 Å². The first-order chi connectivity index (χ1) is 7.10. The highest BCUT2D eigenvalue weighted by atomic mass is 16.6. The van der Waals surface area contributed by atoms with Crippen molar-refractivity contribution in [2.75, 3.05) is 7.11 Å². The van der Waals surface area contributed by atoms with Crippen LogP contribution in [-0.4, -0.2) is 17.8 Å². The molecular weight excluding hydrogens is 198 g/mol. The number of hydrogen-bond donors (Lipinski definition) is 0. The molecule has 0 aliphatic heterocycles. The second-order valence-electron chi connectivity index (χ2n) is 2.71. The number of nitrogens with zero attached hydrogens (tertiary/aromatic N) is 1. The van der Waals surface area contributed by atoms with Gasteiger partial charge >= 0.3 is 0 Å². The Morgan fingerprint density at radius 2 is 2.27 bits per heavy atom. The predicted molar refractivity (Wildman–Crippen MR) is 54.2 cm³/mol. The van der Waals surface area contributed by atoms with Crippen LogP contribution in [-0.2, 0) is 0 Å². The Bertz CT molecular complexity index is 425. The molecule has 0 fully saturated rings. The first-order valence-corrected chi connectivity index (χ1v) is 4.09. The normalized spacial score (nSPS) is 9.40. The Kier molecular flexibility index (Phi) is 3.17. The van der Waals surface area contributed by atoms with Gasteiger partial charge in [-0.15, -0.1) is 0 Å². The van der Waals surface area contributed by atoms with Crippen molar-refractivity contribution in [1.82, 2.24) is 0 Å². The molecule has 0 N–H and O–H groups in total. The molecule has 78 valence electrons. The number of rotatable bonds is 4. The fraction of sp³-hybridized carbons (Fsp3) is 0.100. The van der Waals surface area contributed by atoms with Crippen molar-refractivity contribution in [3.63, 3.8) is 0 Å². The Hall–Kier alpha value is -2.17. The monoisotopic (exact) mass is 207 g/mol. The van der Waals surface area contributed by atoms with Gasteiger partial charge in [0, 0.05) is 0 Å². The van der Waals surface area contributed by atoms with E-state index >= 15 is 0 Å². The van der Waals surface area contributed by atoms with Crippen molar-refractivity contribution in [3.05, 3.63) is 46.5 Å². The van der Waals surface area contributed by atoms with Gasteiger partial charge in [0.15, 0.2) is 5.78 Å². The molecule has 0 saturated heterocycles. The number of carbonyl (C=O) groups excluding carboxylic acids is 1. The predicted octanol–water partition coefficient (Wildman–Crippen LogP) is 1.97. The maximum absolute atomic E-state index is 11.3. The maximum atomic E-state index is 11.3. The fourth-order valence-corrected chi connectivity index (χ4v) is 1.11. The van der Waals surface area contributed by atoms with Crippen molar-refractivity contribution in [1.29, 1.82) is 0 Å². The number of nitro benzene ring substituents is 1. The van der Waals surface area contributed by atoms with Crippen LogP contribution in [0.3, 0.4) is 0 Å². The van der Waals surface area contributed by atoms with E-state index in [1.165, 1.54) is 25.3 Å². The van der Waals surface area contributed by atoms with Crippen LogP contribution in [0.5, 0.6) is 5.75 Å². The zero-order valence-electron chi connectivity index (χ0n) is 8.10. The number of ketones is 1. The highest BCUT2D eigenvalue weighted by molar-refractivity contribution is 6.07. The van der Waals surface area contributed by atoms with E-state index in [1.54, 1.807) is 0 Å². The van der Waals surface area contributed by atoms with Crippen LogP contribution >= 0.6 is 0 Å². The molecule has 1 rings (SSSR count). The average molecular weight is 207 g/mol. The Labute approximate surface area is 86.1 Å². The van der Waals surface area contributed by atoms with Gasteiger partial charge in [-0.2, -0.15) is 0 Å². The van der Waals surface area contributed by atoms with Crippen LogP contribution in [0, 0.1) is 10.1 Å². The summed E-state index contributed by atoms with van der Waals surface area (Å²) in [6.07, 6.45) is 1.04. The summed E-state index contributed by atoms with van der Waals surface area (Å²) in [5.41, 5.74) is -0.268. The number of benzene rings is 1. The van der Waals surface area contributed by atoms with Gasteiger partial charge < -0.3 is 4.74 Å². The lowest BCUT2D eigenvalue weighted by Gasteiger charge is -2.02. The van der Waals surface area contributed by atoms with Gasteiger partial charge in [-0.25, -0.2) is 0 Å². The van der Waals surface area contributed by atoms with Gasteiger partial charge in [0.2, 0.25) is 0 Å². The molecule has 0 amide bonds. The van der Waals surface area contributed by atoms with E-state index in [0.717, 1.165) is 6.08 Å². The molecule has 0 atom stereocenters. The maximum Gasteiger partial charge on any atom is 0.284 e. The molecule has 0 heterocycles. The number of hydrogen-bond acceptors (Lipinski definition) is 4. The molecule has 0 aliphatic rings. The summed E-state index contributed by atoms with van der Waals surface area (Å²) < 4.78 is 4.83. The molecule has 0 aliphatic carbocycles. The van der Waals surface area contributed by atoms with E-state index in [4.69, 9.17) is 4.74 Å². The Morgan fingerprint density at radius 1 is 1.60 bits per heavy atom. The van der Waals surface area contributed by atoms with Gasteiger partial charge in [-0.3, -0.25) is 14.9 Å². The SMILES string of the molecule is C=CC(=O)c1ccc(OC)cc1[N+](=O)[O-]. The minimum absolute atomic E-state index is 0.0100. The molecule has 0 saturated carbocycles. The summed E-state index contributed by atoms with van der Waals surface area (Å²) in [5.74, 6) is -0.147. The molecule has 0 radical (unpaired) electrons. The lowest BCUT2D eigenvalue weighted by atomic mass is 10.1. The van der Waals surface area contributed by atoms with Gasteiger partial charge in [0.25, 0.3) is 5.69 Å². The number of carbonyl (C=O) groups is 1. The first-order valence-electron chi connectivity index (χ1n) is 4.09. The van der Waals surface area contributed by atoms with Gasteiger partial charge in [-0.05, 0) is 18.2 Å². The van der Waals surface area contributed by atoms with Crippen LogP contribution in [0.15, 0.2) is 30.9 Å². The molecular formula is C10H9NO4. The van der Waals surface area contributed by atoms with Crippen molar-refractivity contribution >= 4 is 11.5 Å². The Balaban J connectivity index is 3.33. The summed E-state index contributed by atoms with van der Waals surface area (Å²) in [5, 5.41) is 10.7. The second-order valence-corrected chi connectivity index (χ2v) is 2.71. The van der Waals surface area contributed by atoms with Crippen molar-refractivity contribution < 1.29 is 14.5 Å². The zero-order valence-corrected chi connectivity index (χ0v) is 8.10. The van der Waals surface area contributed by atoms with Gasteiger partial charge in [-0.1, -0.05) is 6.58 Å². The third kappa shape index (κ3) is 2.19. The quantitative estimate of drug-likeness (QED) is 0.327. The van der Waals surface area contributed by atoms with E-state index in [0.29, 0.717) is 5.75 Å². The van der Waals surface area contributed by atoms with Crippen molar-refractivity contribution in [3.8, 4) is 5.75 Å². The van der Waals surface area contributed by atoms with E-state index in [-0.39, 0.29) is 11.3 Å². The lowest BCUT2D eigenvalue weighted by molar-refractivity contribution is -0.385. The second kappa shape index (κ2) is 4.36. The van der Waals surface area contributed by atoms with Gasteiger partial charge in [0.05, 0.1) is 23.7 Å². The average Bonchev–Trinajstić information content (AvgIpc) is 2.27. The molecule has 15 heavy (non-hydrogen) atoms. The first kappa shape index (κ1) is 10.9. The van der Waals surface area contributed by atoms with Crippen LogP contribution < -0.4 is 4.74 Å². The lowest BCUT2D eigenvalue weighted by Crippen LogP contribution is -2.01. The van der Waals surface area contributed by atoms with E-state index in [9.17, 15) is 14.9 Å². The Morgan fingerprint density at radius 3 is 2.73 bits per heavy atom. The molecule has 5 nitrogen and oxygen atoms in total. The summed E-state index contributed by atoms with van der Waals surface area (Å²) in [4.78, 5) is 21.3. The third-order valence-corrected chi connectivity index (χ3v) is 1.85. The van der Waals surface area contributed by atoms with Crippen molar-refractivity contribution in [2.45, 2.75) is 0 Å². The number of methoxy groups -OCH3 is 1. The standard InChI is InChI=1S/C10H9NO4/c1-3-10(12)8-5-4-7(15-2)6-9(8)11(13)14/h3-6H,1H2,2H3. The largest absolute Gasteiger partial charge is 0.497 e. The minimum Gasteiger partial charge on any atom is -0.497 e. The summed E-state index contributed by atoms with van der Waals surface area (Å²) in [7, 11) is 1.40. The minimum atomic E-state index is -0.626. The fourth-order valence-electron chi connectivity index (χ4n) is 1.11. The number of nitro groups is 1. The third-order valence-electron chi connectivity index (χ3n) is 1.85. The molecule has 0 spiro atoms. The van der Waals surface area contributed by atoms with Gasteiger partial charge in [0.1, 0.15) is 5.75 Å². The molecule has 0 aromatic heterocycles. The molecule has 1 aromatic carbocycles. The molecule has 1 aromatic rings. The van der Waals surface area contributed by atoms with E-state index in [1.807, 2.05) is 0 Å². The summed E-state index contributed by atoms with van der Waals surface area (Å²) in [6, 6.07) is 4.04. The summed E-state index contributed by atoms with van der Waals surface area (Å²) >= 11 is 0. The highest BCUT2D eigenvalue weighted by Gasteiger charge is 2.18. The van der Waals surface area contributed by atoms with Crippen molar-refractivity contribution in [2.24, 2.45) is 0 Å². The number of ether oxygens (including phenoxy) is 1. The van der Waals surface area contributed by atoms with Crippen LogP contribution in [0.25, 0.3) is 0 Å². The highest BCUT2D eigenvalue weighted by Crippen LogP contribution is 2.24. The molecule has 0 bridgehead atoms. The van der Waals surface area contributed by atoms with Crippen LogP contribution in [0.2, 0.25) is 0 Å². The molecule has 5 heteroatoms. The van der Waals surface area contributed by atoms with E-state index in [2.05, 4.69) is 6.58 Å². The molecule has 0 unspecified atom stereocenters.